The van der Waals surface area contributed by atoms with Gasteiger partial charge in [-0.2, -0.15) is 0 Å². The van der Waals surface area contributed by atoms with E-state index in [-0.39, 0.29) is 13.2 Å². The molecule has 8 heteroatoms. The van der Waals surface area contributed by atoms with Crippen molar-refractivity contribution in [1.82, 2.24) is 0 Å². The summed E-state index contributed by atoms with van der Waals surface area (Å²) in [6.07, 6.45) is 8.91. The van der Waals surface area contributed by atoms with E-state index in [1.54, 1.807) is 6.92 Å². The van der Waals surface area contributed by atoms with Crippen LogP contribution in [0.1, 0.15) is 85.5 Å². The summed E-state index contributed by atoms with van der Waals surface area (Å²) in [6.45, 7) is 16.4. The van der Waals surface area contributed by atoms with Gasteiger partial charge in [0.05, 0.1) is 32.8 Å². The van der Waals surface area contributed by atoms with Gasteiger partial charge in [-0.25, -0.2) is 9.36 Å². The van der Waals surface area contributed by atoms with Crippen molar-refractivity contribution in [2.24, 2.45) is 0 Å². The van der Waals surface area contributed by atoms with Crippen LogP contribution in [0.25, 0.3) is 0 Å². The number of carbonyl (C=O) groups excluding carboxylic acids is 1. The van der Waals surface area contributed by atoms with Crippen LogP contribution in [0.15, 0.2) is 12.2 Å². The molecule has 0 radical (unpaired) electrons. The molecule has 0 aromatic heterocycles. The molecule has 0 aliphatic carbocycles. The minimum atomic E-state index is -4.05. The second-order valence-electron chi connectivity index (χ2n) is 8.41. The minimum absolute atomic E-state index is 0.143. The van der Waals surface area contributed by atoms with E-state index in [4.69, 9.17) is 13.8 Å². The summed E-state index contributed by atoms with van der Waals surface area (Å²) in [7, 11) is -4.05. The average Bonchev–Trinajstić information content (AvgIpc) is 2.73. The molecule has 0 bridgehead atoms. The molecule has 0 aromatic rings. The molecule has 1 atom stereocenters. The fraction of sp³-hybridized carbons (Fsp3) is 0.870. The van der Waals surface area contributed by atoms with Gasteiger partial charge in [0.15, 0.2) is 0 Å². The molecular formula is C23H47NO6P+. The van der Waals surface area contributed by atoms with Crippen molar-refractivity contribution in [3.8, 4) is 0 Å². The summed E-state index contributed by atoms with van der Waals surface area (Å²) >= 11 is 0. The van der Waals surface area contributed by atoms with E-state index < -0.39 is 13.8 Å². The number of esters is 1. The van der Waals surface area contributed by atoms with Crippen molar-refractivity contribution in [2.45, 2.75) is 85.5 Å². The van der Waals surface area contributed by atoms with Crippen LogP contribution in [0.5, 0.6) is 0 Å². The normalized spacial score (nSPS) is 13.7. The quantitative estimate of drug-likeness (QED) is 0.0780. The first-order valence-electron chi connectivity index (χ1n) is 12.0. The van der Waals surface area contributed by atoms with E-state index in [1.165, 1.54) is 0 Å². The third-order valence-electron chi connectivity index (χ3n) is 5.40. The molecule has 0 aliphatic heterocycles. The van der Waals surface area contributed by atoms with Crippen LogP contribution in [0.2, 0.25) is 0 Å². The van der Waals surface area contributed by atoms with Crippen LogP contribution < -0.4 is 0 Å². The first-order valence-corrected chi connectivity index (χ1v) is 13.5. The highest BCUT2D eigenvalue weighted by Crippen LogP contribution is 2.43. The molecule has 0 amide bonds. The molecule has 0 heterocycles. The fourth-order valence-electron chi connectivity index (χ4n) is 3.39. The van der Waals surface area contributed by atoms with E-state index in [9.17, 15) is 14.3 Å². The van der Waals surface area contributed by atoms with Gasteiger partial charge in [0.2, 0.25) is 0 Å². The minimum Gasteiger partial charge on any atom is -0.462 e. The Balaban J connectivity index is 4.33. The maximum Gasteiger partial charge on any atom is 0.472 e. The Kier molecular flexibility index (Phi) is 17.4. The smallest absolute Gasteiger partial charge is 0.462 e. The number of unbranched alkanes of at least 4 members (excludes halogenated alkanes) is 5. The van der Waals surface area contributed by atoms with Crippen molar-refractivity contribution < 1.29 is 32.5 Å². The van der Waals surface area contributed by atoms with Crippen LogP contribution in [0.3, 0.4) is 0 Å². The highest BCUT2D eigenvalue weighted by molar-refractivity contribution is 7.47. The van der Waals surface area contributed by atoms with E-state index in [1.807, 2.05) is 0 Å². The lowest BCUT2D eigenvalue weighted by atomic mass is 10.1. The standard InChI is InChI=1S/C23H46NO6P/c1-6-9-15-24(16-10-7-2,17-11-8-3)18-21-30-31(26,27)29-20-14-12-13-19-28-23(25)22(4)5/h4,6-21H2,1-3,5H3/p+1. The molecule has 0 saturated carbocycles. The Morgan fingerprint density at radius 2 is 1.29 bits per heavy atom. The molecular weight excluding hydrogens is 417 g/mol. The van der Waals surface area contributed by atoms with Crippen molar-refractivity contribution >= 4 is 13.8 Å². The number of phosphoric acid groups is 1. The fourth-order valence-corrected chi connectivity index (χ4v) is 4.13. The summed E-state index contributed by atoms with van der Waals surface area (Å²) in [4.78, 5) is 21.3. The number of carbonyl (C=O) groups is 1. The van der Waals surface area contributed by atoms with Gasteiger partial charge in [0.1, 0.15) is 13.2 Å². The van der Waals surface area contributed by atoms with Crippen molar-refractivity contribution in [3.63, 3.8) is 0 Å². The van der Waals surface area contributed by atoms with Crippen LogP contribution in [-0.4, -0.2) is 61.3 Å². The van der Waals surface area contributed by atoms with Crippen molar-refractivity contribution in [3.05, 3.63) is 12.2 Å². The topological polar surface area (TPSA) is 82.1 Å². The number of nitrogens with zero attached hydrogens (tertiary/aromatic N) is 1. The molecule has 184 valence electrons. The predicted octanol–water partition coefficient (Wildman–Crippen LogP) is 5.63. The highest BCUT2D eigenvalue weighted by atomic mass is 31.2. The molecule has 0 rings (SSSR count). The second-order valence-corrected chi connectivity index (χ2v) is 9.86. The molecule has 0 saturated heterocycles. The van der Waals surface area contributed by atoms with Gasteiger partial charge >= 0.3 is 13.8 Å². The van der Waals surface area contributed by atoms with Crippen LogP contribution in [0.4, 0.5) is 0 Å². The zero-order valence-corrected chi connectivity index (χ0v) is 21.3. The lowest BCUT2D eigenvalue weighted by Gasteiger charge is -2.39. The second kappa shape index (κ2) is 17.8. The summed E-state index contributed by atoms with van der Waals surface area (Å²) in [5.74, 6) is -0.393. The number of hydrogen-bond acceptors (Lipinski definition) is 5. The first-order chi connectivity index (χ1) is 14.7. The van der Waals surface area contributed by atoms with Crippen molar-refractivity contribution in [2.75, 3.05) is 46.0 Å². The zero-order chi connectivity index (χ0) is 23.6. The average molecular weight is 465 g/mol. The van der Waals surface area contributed by atoms with E-state index in [0.717, 1.165) is 75.6 Å². The summed E-state index contributed by atoms with van der Waals surface area (Å²) < 4.78 is 28.6. The molecule has 1 N–H and O–H groups in total. The summed E-state index contributed by atoms with van der Waals surface area (Å²) in [5, 5.41) is 0. The maximum atomic E-state index is 12.2. The first kappa shape index (κ1) is 30.3. The van der Waals surface area contributed by atoms with Gasteiger partial charge in [-0.15, -0.1) is 0 Å². The maximum absolute atomic E-state index is 12.2. The lowest BCUT2D eigenvalue weighted by Crippen LogP contribution is -2.52. The Morgan fingerprint density at radius 3 is 1.77 bits per heavy atom. The van der Waals surface area contributed by atoms with Crippen LogP contribution in [-0.2, 0) is 23.1 Å². The molecule has 31 heavy (non-hydrogen) atoms. The van der Waals surface area contributed by atoms with E-state index in [2.05, 4.69) is 27.4 Å². The molecule has 0 spiro atoms. The van der Waals surface area contributed by atoms with Gasteiger partial charge in [-0.05, 0) is 45.4 Å². The molecule has 7 nitrogen and oxygen atoms in total. The Bertz CT molecular complexity index is 518. The summed E-state index contributed by atoms with van der Waals surface area (Å²) in [6, 6.07) is 0. The Morgan fingerprint density at radius 1 is 0.806 bits per heavy atom. The number of phosphoric ester groups is 1. The van der Waals surface area contributed by atoms with Crippen molar-refractivity contribution in [1.29, 1.82) is 0 Å². The number of quaternary nitrogens is 1. The summed E-state index contributed by atoms with van der Waals surface area (Å²) in [5.41, 5.74) is 0.378. The lowest BCUT2D eigenvalue weighted by molar-refractivity contribution is -0.928. The molecule has 1 unspecified atom stereocenters. The highest BCUT2D eigenvalue weighted by Gasteiger charge is 2.28. The third-order valence-corrected chi connectivity index (χ3v) is 6.42. The molecule has 0 fully saturated rings. The predicted molar refractivity (Wildman–Crippen MR) is 126 cm³/mol. The van der Waals surface area contributed by atoms with E-state index in [0.29, 0.717) is 25.0 Å². The molecule has 0 aromatic carbocycles. The monoisotopic (exact) mass is 464 g/mol. The Hall–Kier alpha value is -0.720. The largest absolute Gasteiger partial charge is 0.472 e. The van der Waals surface area contributed by atoms with Gasteiger partial charge < -0.3 is 14.1 Å². The van der Waals surface area contributed by atoms with Gasteiger partial charge in [-0.1, -0.05) is 46.6 Å². The number of rotatable bonds is 21. The Labute approximate surface area is 190 Å². The molecule has 0 aliphatic rings. The SMILES string of the molecule is C=C(C)C(=O)OCCCCCOP(=O)(O)OCC[N+](CCCC)(CCCC)CCCC. The van der Waals surface area contributed by atoms with Gasteiger partial charge in [-0.3, -0.25) is 9.05 Å². The zero-order valence-electron chi connectivity index (χ0n) is 20.4. The van der Waals surface area contributed by atoms with E-state index >= 15 is 0 Å². The number of ether oxygens (including phenoxy) is 1. The van der Waals surface area contributed by atoms with Gasteiger partial charge in [0, 0.05) is 5.57 Å². The third kappa shape index (κ3) is 15.7. The van der Waals surface area contributed by atoms with Gasteiger partial charge in [0.25, 0.3) is 0 Å². The van der Waals surface area contributed by atoms with Crippen LogP contribution >= 0.6 is 7.82 Å². The van der Waals surface area contributed by atoms with Crippen LogP contribution in [0, 0.1) is 0 Å². The number of hydrogen-bond donors (Lipinski definition) is 1.